The summed E-state index contributed by atoms with van der Waals surface area (Å²) in [5, 5.41) is 2.91. The van der Waals surface area contributed by atoms with Crippen molar-refractivity contribution in [1.29, 1.82) is 0 Å². The van der Waals surface area contributed by atoms with Crippen molar-refractivity contribution in [3.63, 3.8) is 0 Å². The number of hydrogen-bond acceptors (Lipinski definition) is 4. The van der Waals surface area contributed by atoms with E-state index in [1.807, 2.05) is 0 Å². The van der Waals surface area contributed by atoms with Crippen LogP contribution in [0.2, 0.25) is 0 Å². The lowest BCUT2D eigenvalue weighted by molar-refractivity contribution is -0.148. The minimum Gasteiger partial charge on any atom is -0.382 e. The van der Waals surface area contributed by atoms with Gasteiger partial charge in [-0.25, -0.2) is 17.5 Å². The largest absolute Gasteiger partial charge is 0.401 e. The van der Waals surface area contributed by atoms with Crippen molar-refractivity contribution in [2.24, 2.45) is 5.92 Å². The molecule has 0 aromatic heterocycles. The lowest BCUT2D eigenvalue weighted by Gasteiger charge is -2.32. The van der Waals surface area contributed by atoms with Gasteiger partial charge in [-0.1, -0.05) is 0 Å². The van der Waals surface area contributed by atoms with Crippen LogP contribution in [0, 0.1) is 11.7 Å². The van der Waals surface area contributed by atoms with E-state index in [0.29, 0.717) is 32.5 Å². The molecule has 2 rings (SSSR count). The topological polar surface area (TPSA) is 61.4 Å². The number of rotatable bonds is 6. The zero-order valence-electron chi connectivity index (χ0n) is 13.7. The number of nitrogens with one attached hydrogen (secondary N) is 2. The first-order valence-electron chi connectivity index (χ1n) is 7.87. The molecule has 2 N–H and O–H groups in total. The Morgan fingerprint density at radius 2 is 1.88 bits per heavy atom. The molecule has 0 atom stereocenters. The van der Waals surface area contributed by atoms with Gasteiger partial charge in [-0.2, -0.15) is 13.2 Å². The van der Waals surface area contributed by atoms with Crippen LogP contribution in [0.1, 0.15) is 12.8 Å². The van der Waals surface area contributed by atoms with Gasteiger partial charge in [-0.05, 0) is 57.1 Å². The summed E-state index contributed by atoms with van der Waals surface area (Å²) in [6.07, 6.45) is -3.00. The third kappa shape index (κ3) is 5.82. The maximum atomic E-state index is 14.0. The molecule has 142 valence electrons. The molecule has 5 nitrogen and oxygen atoms in total. The number of sulfonamides is 1. The predicted molar refractivity (Wildman–Crippen MR) is 86.4 cm³/mol. The van der Waals surface area contributed by atoms with Crippen LogP contribution in [0.4, 0.5) is 23.2 Å². The lowest BCUT2D eigenvalue weighted by atomic mass is 9.96. The van der Waals surface area contributed by atoms with Gasteiger partial charge in [0.15, 0.2) is 0 Å². The van der Waals surface area contributed by atoms with Gasteiger partial charge in [-0.15, -0.1) is 0 Å². The molecule has 1 heterocycles. The van der Waals surface area contributed by atoms with Crippen molar-refractivity contribution in [3.05, 3.63) is 24.0 Å². The molecular formula is C15H21F4N3O2S. The monoisotopic (exact) mass is 383 g/mol. The van der Waals surface area contributed by atoms with Crippen LogP contribution in [0.3, 0.4) is 0 Å². The number of alkyl halides is 3. The van der Waals surface area contributed by atoms with E-state index in [0.717, 1.165) is 6.07 Å². The highest BCUT2D eigenvalue weighted by Gasteiger charge is 2.32. The number of nitrogens with zero attached hydrogens (tertiary/aromatic N) is 1. The molecule has 0 bridgehead atoms. The highest BCUT2D eigenvalue weighted by atomic mass is 32.2. The standard InChI is InChI=1S/C15H21F4N3O2S/c1-20-25(23,24)12-2-3-14(13(16)8-12)21-9-11-4-6-22(7-5-11)10-15(17,18)19/h2-3,8,11,20-21H,4-7,9-10H2,1H3. The number of likely N-dealkylation sites (tertiary alicyclic amines) is 1. The highest BCUT2D eigenvalue weighted by Crippen LogP contribution is 2.24. The second kappa shape index (κ2) is 7.88. The summed E-state index contributed by atoms with van der Waals surface area (Å²) in [5.41, 5.74) is 0.174. The van der Waals surface area contributed by atoms with E-state index in [9.17, 15) is 26.0 Å². The molecule has 0 spiro atoms. The van der Waals surface area contributed by atoms with Crippen molar-refractivity contribution < 1.29 is 26.0 Å². The second-order valence-electron chi connectivity index (χ2n) is 6.06. The molecule has 0 amide bonds. The van der Waals surface area contributed by atoms with Gasteiger partial charge in [0.2, 0.25) is 10.0 Å². The molecule has 1 aromatic carbocycles. The summed E-state index contributed by atoms with van der Waals surface area (Å²) in [6, 6.07) is 3.57. The van der Waals surface area contributed by atoms with E-state index in [1.54, 1.807) is 0 Å². The Morgan fingerprint density at radius 3 is 2.40 bits per heavy atom. The molecule has 10 heteroatoms. The molecular weight excluding hydrogens is 362 g/mol. The predicted octanol–water partition coefficient (Wildman–Crippen LogP) is 2.42. The SMILES string of the molecule is CNS(=O)(=O)c1ccc(NCC2CCN(CC(F)(F)F)CC2)c(F)c1. The Bertz CT molecular complexity index is 687. The van der Waals surface area contributed by atoms with Crippen molar-refractivity contribution in [2.45, 2.75) is 23.9 Å². The van der Waals surface area contributed by atoms with E-state index in [4.69, 9.17) is 0 Å². The summed E-state index contributed by atoms with van der Waals surface area (Å²) < 4.78 is 76.4. The smallest absolute Gasteiger partial charge is 0.382 e. The van der Waals surface area contributed by atoms with Crippen LogP contribution >= 0.6 is 0 Å². The van der Waals surface area contributed by atoms with Crippen molar-refractivity contribution >= 4 is 15.7 Å². The number of hydrogen-bond donors (Lipinski definition) is 2. The van der Waals surface area contributed by atoms with Crippen molar-refractivity contribution in [3.8, 4) is 0 Å². The van der Waals surface area contributed by atoms with Crippen LogP contribution in [0.25, 0.3) is 0 Å². The maximum Gasteiger partial charge on any atom is 0.401 e. The van der Waals surface area contributed by atoms with Gasteiger partial charge >= 0.3 is 6.18 Å². The average Bonchev–Trinajstić information content (AvgIpc) is 2.53. The molecule has 0 unspecified atom stereocenters. The molecule has 1 aliphatic heterocycles. The van der Waals surface area contributed by atoms with Gasteiger partial charge < -0.3 is 5.32 Å². The third-order valence-electron chi connectivity index (χ3n) is 4.21. The minimum absolute atomic E-state index is 0.143. The Kier molecular flexibility index (Phi) is 6.28. The third-order valence-corrected chi connectivity index (χ3v) is 5.62. The molecule has 0 radical (unpaired) electrons. The van der Waals surface area contributed by atoms with Gasteiger partial charge in [0.25, 0.3) is 0 Å². The summed E-state index contributed by atoms with van der Waals surface area (Å²) in [6.45, 7) is 0.236. The van der Waals surface area contributed by atoms with Crippen molar-refractivity contribution in [1.82, 2.24) is 9.62 Å². The molecule has 1 aromatic rings. The van der Waals surface area contributed by atoms with Crippen LogP contribution in [0.5, 0.6) is 0 Å². The average molecular weight is 383 g/mol. The zero-order chi connectivity index (χ0) is 18.7. The number of piperidine rings is 1. The van der Waals surface area contributed by atoms with Crippen LogP contribution in [-0.2, 0) is 10.0 Å². The van der Waals surface area contributed by atoms with Gasteiger partial charge in [-0.3, -0.25) is 4.90 Å². The first-order chi connectivity index (χ1) is 11.6. The Labute approximate surface area is 144 Å². The summed E-state index contributed by atoms with van der Waals surface area (Å²) in [7, 11) is -2.47. The van der Waals surface area contributed by atoms with Crippen LogP contribution < -0.4 is 10.0 Å². The van der Waals surface area contributed by atoms with Crippen LogP contribution in [0.15, 0.2) is 23.1 Å². The summed E-state index contributed by atoms with van der Waals surface area (Å²) >= 11 is 0. The molecule has 25 heavy (non-hydrogen) atoms. The van der Waals surface area contributed by atoms with E-state index in [1.165, 1.54) is 24.1 Å². The second-order valence-corrected chi connectivity index (χ2v) is 7.95. The molecule has 1 aliphatic rings. The molecule has 0 aliphatic carbocycles. The summed E-state index contributed by atoms with van der Waals surface area (Å²) in [4.78, 5) is 1.20. The lowest BCUT2D eigenvalue weighted by Crippen LogP contribution is -2.41. The molecule has 1 saturated heterocycles. The number of anilines is 1. The Hall–Kier alpha value is -1.39. The van der Waals surface area contributed by atoms with E-state index < -0.39 is 28.6 Å². The summed E-state index contributed by atoms with van der Waals surface area (Å²) in [5.74, 6) is -0.546. The first kappa shape index (κ1) is 19.9. The van der Waals surface area contributed by atoms with Gasteiger partial charge in [0.1, 0.15) is 5.82 Å². The van der Waals surface area contributed by atoms with Crippen LogP contribution in [-0.4, -0.2) is 52.7 Å². The quantitative estimate of drug-likeness (QED) is 0.741. The maximum absolute atomic E-state index is 14.0. The highest BCUT2D eigenvalue weighted by molar-refractivity contribution is 7.89. The molecule has 0 saturated carbocycles. The zero-order valence-corrected chi connectivity index (χ0v) is 14.6. The fourth-order valence-corrected chi connectivity index (χ4v) is 3.52. The number of benzene rings is 1. The fourth-order valence-electron chi connectivity index (χ4n) is 2.78. The molecule has 1 fully saturated rings. The Balaban J connectivity index is 1.87. The van der Waals surface area contributed by atoms with Gasteiger partial charge in [0.05, 0.1) is 17.1 Å². The van der Waals surface area contributed by atoms with Gasteiger partial charge in [0, 0.05) is 6.54 Å². The Morgan fingerprint density at radius 1 is 1.24 bits per heavy atom. The van der Waals surface area contributed by atoms with E-state index >= 15 is 0 Å². The fraction of sp³-hybridized carbons (Fsp3) is 0.600. The minimum atomic E-state index is -4.19. The normalized spacial score (nSPS) is 17.6. The first-order valence-corrected chi connectivity index (χ1v) is 9.35. The van der Waals surface area contributed by atoms with E-state index in [2.05, 4.69) is 10.0 Å². The van der Waals surface area contributed by atoms with Crippen molar-refractivity contribution in [2.75, 3.05) is 38.5 Å². The van der Waals surface area contributed by atoms with E-state index in [-0.39, 0.29) is 16.5 Å². The number of halogens is 4.